The van der Waals surface area contributed by atoms with Crippen molar-refractivity contribution in [1.29, 1.82) is 0 Å². The third-order valence-corrected chi connectivity index (χ3v) is 12.1. The van der Waals surface area contributed by atoms with Gasteiger partial charge in [0.1, 0.15) is 11.2 Å². The molecule has 55 heavy (non-hydrogen) atoms. The van der Waals surface area contributed by atoms with Crippen LogP contribution in [-0.2, 0) is 0 Å². The van der Waals surface area contributed by atoms with Crippen LogP contribution in [0.4, 0.5) is 17.1 Å². The molecule has 3 heteroatoms. The number of nitrogens with zero attached hydrogens (tertiary/aromatic N) is 1. The number of thiophene rings is 1. The topological polar surface area (TPSA) is 16.4 Å². The summed E-state index contributed by atoms with van der Waals surface area (Å²) in [4.78, 5) is 2.41. The lowest BCUT2D eigenvalue weighted by molar-refractivity contribution is 0.669. The molecule has 0 aliphatic rings. The summed E-state index contributed by atoms with van der Waals surface area (Å²) in [5, 5.41) is 7.35. The predicted molar refractivity (Wildman–Crippen MR) is 235 cm³/mol. The third-order valence-electron chi connectivity index (χ3n) is 10.9. The molecule has 11 rings (SSSR count). The van der Waals surface area contributed by atoms with Crippen molar-refractivity contribution in [2.24, 2.45) is 0 Å². The summed E-state index contributed by atoms with van der Waals surface area (Å²) in [6.07, 6.45) is 0. The highest BCUT2D eigenvalue weighted by Crippen LogP contribution is 2.45. The van der Waals surface area contributed by atoms with Crippen LogP contribution in [-0.4, -0.2) is 0 Å². The summed E-state index contributed by atoms with van der Waals surface area (Å²) >= 11 is 1.87. The van der Waals surface area contributed by atoms with Gasteiger partial charge in [-0.05, 0) is 99.3 Å². The minimum Gasteiger partial charge on any atom is -0.456 e. The fourth-order valence-electron chi connectivity index (χ4n) is 8.19. The van der Waals surface area contributed by atoms with Gasteiger partial charge >= 0.3 is 0 Å². The van der Waals surface area contributed by atoms with Crippen molar-refractivity contribution in [3.05, 3.63) is 200 Å². The van der Waals surface area contributed by atoms with E-state index in [0.29, 0.717) is 0 Å². The predicted octanol–water partition coefficient (Wildman–Crippen LogP) is 15.6. The fourth-order valence-corrected chi connectivity index (χ4v) is 9.43. The number of furan rings is 1. The third kappa shape index (κ3) is 5.40. The van der Waals surface area contributed by atoms with E-state index in [2.05, 4.69) is 193 Å². The summed E-state index contributed by atoms with van der Waals surface area (Å²) < 4.78 is 8.77. The molecule has 0 saturated carbocycles. The fraction of sp³-hybridized carbons (Fsp3) is 0. The van der Waals surface area contributed by atoms with E-state index in [1.54, 1.807) is 0 Å². The highest BCUT2D eigenvalue weighted by atomic mass is 32.1. The van der Waals surface area contributed by atoms with Gasteiger partial charge in [-0.2, -0.15) is 0 Å². The van der Waals surface area contributed by atoms with Gasteiger partial charge < -0.3 is 9.32 Å². The van der Waals surface area contributed by atoms with Gasteiger partial charge in [-0.1, -0.05) is 140 Å². The standard InChI is InChI=1S/C52H33NOS/c1-2-12-36-31-39(24-23-34(36)11-1)42-15-3-6-20-48(42)53(40-28-25-35(26-29-40)37-27-30-50-47(33-37)44-16-4-7-21-49(44)54-50)41-14-9-13-38(32-41)43-18-10-19-46-45-17-5-8-22-51(45)55-52(43)46/h1-33H. The number of para-hydroxylation sites is 2. The molecule has 0 aliphatic heterocycles. The van der Waals surface area contributed by atoms with E-state index in [1.165, 1.54) is 53.2 Å². The Hall–Kier alpha value is -6.94. The lowest BCUT2D eigenvalue weighted by atomic mass is 9.97. The Balaban J connectivity index is 1.07. The number of fused-ring (bicyclic) bond motifs is 7. The highest BCUT2D eigenvalue weighted by molar-refractivity contribution is 7.26. The number of rotatable bonds is 6. The highest BCUT2D eigenvalue weighted by Gasteiger charge is 2.19. The minimum atomic E-state index is 0.907. The Morgan fingerprint density at radius 2 is 1.04 bits per heavy atom. The van der Waals surface area contributed by atoms with Crippen LogP contribution in [0.25, 0.3) is 86.3 Å². The summed E-state index contributed by atoms with van der Waals surface area (Å²) in [6.45, 7) is 0. The monoisotopic (exact) mass is 719 g/mol. The van der Waals surface area contributed by atoms with Gasteiger partial charge in [0.2, 0.25) is 0 Å². The summed E-state index contributed by atoms with van der Waals surface area (Å²) in [5.74, 6) is 0. The van der Waals surface area contributed by atoms with Crippen molar-refractivity contribution in [2.75, 3.05) is 4.90 Å². The zero-order valence-electron chi connectivity index (χ0n) is 29.8. The number of anilines is 3. The van der Waals surface area contributed by atoms with Crippen LogP contribution in [0, 0.1) is 0 Å². The molecule has 0 fully saturated rings. The molecule has 0 radical (unpaired) electrons. The number of hydrogen-bond donors (Lipinski definition) is 0. The van der Waals surface area contributed by atoms with Crippen LogP contribution in [0.1, 0.15) is 0 Å². The van der Waals surface area contributed by atoms with Crippen molar-refractivity contribution in [3.63, 3.8) is 0 Å². The van der Waals surface area contributed by atoms with Crippen LogP contribution < -0.4 is 4.90 Å². The van der Waals surface area contributed by atoms with E-state index < -0.39 is 0 Å². The van der Waals surface area contributed by atoms with Crippen LogP contribution in [0.15, 0.2) is 205 Å². The first kappa shape index (κ1) is 31.6. The quantitative estimate of drug-likeness (QED) is 0.170. The van der Waals surface area contributed by atoms with E-state index >= 15 is 0 Å². The molecular formula is C52H33NOS. The second kappa shape index (κ2) is 12.9. The van der Waals surface area contributed by atoms with Gasteiger partial charge in [0.05, 0.1) is 5.69 Å². The van der Waals surface area contributed by atoms with Crippen molar-refractivity contribution in [2.45, 2.75) is 0 Å². The minimum absolute atomic E-state index is 0.907. The summed E-state index contributed by atoms with van der Waals surface area (Å²) in [7, 11) is 0. The Morgan fingerprint density at radius 1 is 0.364 bits per heavy atom. The second-order valence-electron chi connectivity index (χ2n) is 14.1. The van der Waals surface area contributed by atoms with Crippen LogP contribution >= 0.6 is 11.3 Å². The first-order valence-corrected chi connectivity index (χ1v) is 19.5. The summed E-state index contributed by atoms with van der Waals surface area (Å²) in [6, 6.07) is 72.4. The molecule has 0 aliphatic carbocycles. The molecule has 9 aromatic carbocycles. The zero-order chi connectivity index (χ0) is 36.3. The number of hydrogen-bond acceptors (Lipinski definition) is 3. The molecule has 258 valence electrons. The molecule has 0 N–H and O–H groups in total. The maximum absolute atomic E-state index is 6.14. The Bertz CT molecular complexity index is 3220. The van der Waals surface area contributed by atoms with E-state index in [1.807, 2.05) is 23.5 Å². The Morgan fingerprint density at radius 3 is 1.96 bits per heavy atom. The van der Waals surface area contributed by atoms with Gasteiger partial charge in [0, 0.05) is 47.9 Å². The second-order valence-corrected chi connectivity index (χ2v) is 15.2. The van der Waals surface area contributed by atoms with E-state index in [-0.39, 0.29) is 0 Å². The lowest BCUT2D eigenvalue weighted by Gasteiger charge is -2.28. The van der Waals surface area contributed by atoms with Gasteiger partial charge in [-0.15, -0.1) is 11.3 Å². The van der Waals surface area contributed by atoms with Crippen molar-refractivity contribution < 1.29 is 4.42 Å². The van der Waals surface area contributed by atoms with E-state index in [0.717, 1.165) is 50.1 Å². The van der Waals surface area contributed by atoms with Gasteiger partial charge in [-0.25, -0.2) is 0 Å². The van der Waals surface area contributed by atoms with E-state index in [9.17, 15) is 0 Å². The van der Waals surface area contributed by atoms with Crippen LogP contribution in [0.2, 0.25) is 0 Å². The van der Waals surface area contributed by atoms with Crippen LogP contribution in [0.3, 0.4) is 0 Å². The summed E-state index contributed by atoms with van der Waals surface area (Å²) in [5.41, 5.74) is 12.2. The molecule has 0 unspecified atom stereocenters. The molecule has 2 aromatic heterocycles. The van der Waals surface area contributed by atoms with Crippen molar-refractivity contribution >= 4 is 81.3 Å². The molecule has 0 saturated heterocycles. The smallest absolute Gasteiger partial charge is 0.135 e. The van der Waals surface area contributed by atoms with Crippen molar-refractivity contribution in [3.8, 4) is 33.4 Å². The lowest BCUT2D eigenvalue weighted by Crippen LogP contribution is -2.11. The average Bonchev–Trinajstić information content (AvgIpc) is 3.82. The van der Waals surface area contributed by atoms with E-state index in [4.69, 9.17) is 4.42 Å². The average molecular weight is 720 g/mol. The van der Waals surface area contributed by atoms with Crippen molar-refractivity contribution in [1.82, 2.24) is 0 Å². The maximum atomic E-state index is 6.14. The first-order chi connectivity index (χ1) is 27.2. The maximum Gasteiger partial charge on any atom is 0.135 e. The molecule has 2 nitrogen and oxygen atoms in total. The Kier molecular flexibility index (Phi) is 7.39. The molecule has 0 bridgehead atoms. The first-order valence-electron chi connectivity index (χ1n) is 18.7. The van der Waals surface area contributed by atoms with Gasteiger partial charge in [0.25, 0.3) is 0 Å². The molecule has 0 atom stereocenters. The zero-order valence-corrected chi connectivity index (χ0v) is 30.6. The normalized spacial score (nSPS) is 11.6. The molecule has 0 spiro atoms. The largest absolute Gasteiger partial charge is 0.456 e. The molecule has 0 amide bonds. The molecule has 2 heterocycles. The Labute approximate surface area is 322 Å². The molecule has 11 aromatic rings. The van der Waals surface area contributed by atoms with Gasteiger partial charge in [-0.3, -0.25) is 0 Å². The SMILES string of the molecule is c1cc(-c2cccc3c2sc2ccccc23)cc(N(c2ccc(-c3ccc4oc5ccccc5c4c3)cc2)c2ccccc2-c2ccc3ccccc3c2)c1. The molecular weight excluding hydrogens is 687 g/mol. The number of benzene rings is 9. The van der Waals surface area contributed by atoms with Crippen LogP contribution in [0.5, 0.6) is 0 Å². The van der Waals surface area contributed by atoms with Gasteiger partial charge in [0.15, 0.2) is 0 Å².